The molecular weight excluding hydrogens is 304 g/mol. The standard InChI is InChI=1S/C13H14N6O2S/c1-9-16-13-12(3-2-6-19(13)17-9)18-22(20,21)11-5-4-10(7-14)15-8-11/h4-5,8,12,18H,2-3,6H2,1H3. The van der Waals surface area contributed by atoms with Crippen LogP contribution in [-0.2, 0) is 16.6 Å². The first-order valence-corrected chi connectivity index (χ1v) is 8.28. The molecule has 22 heavy (non-hydrogen) atoms. The van der Waals surface area contributed by atoms with Gasteiger partial charge in [-0.3, -0.25) is 0 Å². The molecule has 8 nitrogen and oxygen atoms in total. The lowest BCUT2D eigenvalue weighted by atomic mass is 10.1. The summed E-state index contributed by atoms with van der Waals surface area (Å²) in [4.78, 5) is 8.12. The van der Waals surface area contributed by atoms with Crippen LogP contribution in [0.3, 0.4) is 0 Å². The Balaban J connectivity index is 1.87. The summed E-state index contributed by atoms with van der Waals surface area (Å²) in [5.41, 5.74) is 0.173. The Morgan fingerprint density at radius 1 is 1.45 bits per heavy atom. The van der Waals surface area contributed by atoms with E-state index in [1.54, 1.807) is 11.6 Å². The van der Waals surface area contributed by atoms with E-state index < -0.39 is 16.1 Å². The third kappa shape index (κ3) is 2.70. The number of nitrogens with one attached hydrogen (secondary N) is 1. The molecule has 1 N–H and O–H groups in total. The van der Waals surface area contributed by atoms with Crippen molar-refractivity contribution in [1.29, 1.82) is 5.26 Å². The number of hydrogen-bond acceptors (Lipinski definition) is 6. The summed E-state index contributed by atoms with van der Waals surface area (Å²) in [7, 11) is -3.72. The summed E-state index contributed by atoms with van der Waals surface area (Å²) in [5.74, 6) is 1.26. The minimum absolute atomic E-state index is 0.0276. The zero-order valence-electron chi connectivity index (χ0n) is 11.9. The highest BCUT2D eigenvalue weighted by molar-refractivity contribution is 7.89. The summed E-state index contributed by atoms with van der Waals surface area (Å²) in [6.07, 6.45) is 2.68. The fourth-order valence-electron chi connectivity index (χ4n) is 2.44. The van der Waals surface area contributed by atoms with Gasteiger partial charge in [-0.2, -0.15) is 10.4 Å². The van der Waals surface area contributed by atoms with Crippen LogP contribution in [0.5, 0.6) is 0 Å². The fourth-order valence-corrected chi connectivity index (χ4v) is 3.61. The quantitative estimate of drug-likeness (QED) is 0.889. The van der Waals surface area contributed by atoms with E-state index in [0.717, 1.165) is 13.0 Å². The molecule has 1 atom stereocenters. The van der Waals surface area contributed by atoms with Crippen LogP contribution >= 0.6 is 0 Å². The number of nitrogens with zero attached hydrogens (tertiary/aromatic N) is 5. The number of fused-ring (bicyclic) bond motifs is 1. The van der Waals surface area contributed by atoms with E-state index in [4.69, 9.17) is 5.26 Å². The molecule has 9 heteroatoms. The number of sulfonamides is 1. The number of pyridine rings is 1. The minimum Gasteiger partial charge on any atom is -0.248 e. The molecule has 0 fully saturated rings. The maximum absolute atomic E-state index is 12.4. The normalized spacial score (nSPS) is 17.7. The Bertz CT molecular complexity index is 834. The van der Waals surface area contributed by atoms with Gasteiger partial charge in [-0.05, 0) is 31.9 Å². The molecule has 0 radical (unpaired) electrons. The van der Waals surface area contributed by atoms with Gasteiger partial charge in [-0.25, -0.2) is 27.8 Å². The highest BCUT2D eigenvalue weighted by Gasteiger charge is 2.28. The Labute approximate surface area is 127 Å². The molecule has 0 saturated heterocycles. The average molecular weight is 318 g/mol. The third-order valence-corrected chi connectivity index (χ3v) is 4.90. The smallest absolute Gasteiger partial charge is 0.242 e. The second-order valence-electron chi connectivity index (χ2n) is 5.05. The van der Waals surface area contributed by atoms with Crippen LogP contribution < -0.4 is 4.72 Å². The monoisotopic (exact) mass is 318 g/mol. The van der Waals surface area contributed by atoms with Crippen LogP contribution in [0, 0.1) is 18.3 Å². The van der Waals surface area contributed by atoms with Crippen molar-refractivity contribution in [2.75, 3.05) is 0 Å². The van der Waals surface area contributed by atoms with Crippen molar-refractivity contribution in [2.45, 2.75) is 37.2 Å². The van der Waals surface area contributed by atoms with Crippen molar-refractivity contribution >= 4 is 10.0 Å². The molecule has 2 aromatic heterocycles. The van der Waals surface area contributed by atoms with Crippen LogP contribution in [0.2, 0.25) is 0 Å². The summed E-state index contributed by atoms with van der Waals surface area (Å²) in [6, 6.07) is 4.19. The van der Waals surface area contributed by atoms with Gasteiger partial charge < -0.3 is 0 Å². The first-order chi connectivity index (χ1) is 10.5. The number of aryl methyl sites for hydroxylation is 2. The number of aromatic nitrogens is 4. The van der Waals surface area contributed by atoms with Gasteiger partial charge in [0, 0.05) is 12.7 Å². The van der Waals surface area contributed by atoms with Gasteiger partial charge in [0.05, 0.1) is 6.04 Å². The topological polar surface area (TPSA) is 114 Å². The number of hydrogen-bond donors (Lipinski definition) is 1. The van der Waals surface area contributed by atoms with Crippen LogP contribution in [-0.4, -0.2) is 28.2 Å². The van der Waals surface area contributed by atoms with E-state index in [0.29, 0.717) is 18.1 Å². The van der Waals surface area contributed by atoms with Gasteiger partial charge in [-0.1, -0.05) is 0 Å². The molecule has 114 valence electrons. The van der Waals surface area contributed by atoms with Gasteiger partial charge in [0.1, 0.15) is 28.3 Å². The van der Waals surface area contributed by atoms with E-state index in [-0.39, 0.29) is 10.6 Å². The molecule has 0 bridgehead atoms. The summed E-state index contributed by atoms with van der Waals surface area (Å²) >= 11 is 0. The molecule has 1 aliphatic heterocycles. The Hall–Kier alpha value is -2.31. The third-order valence-electron chi connectivity index (χ3n) is 3.44. The lowest BCUT2D eigenvalue weighted by Crippen LogP contribution is -2.33. The molecule has 0 aromatic carbocycles. The average Bonchev–Trinajstić information content (AvgIpc) is 2.88. The predicted molar refractivity (Wildman–Crippen MR) is 76.0 cm³/mol. The van der Waals surface area contributed by atoms with Crippen molar-refractivity contribution in [1.82, 2.24) is 24.5 Å². The molecule has 0 amide bonds. The second kappa shape index (κ2) is 5.47. The fraction of sp³-hybridized carbons (Fsp3) is 0.385. The van der Waals surface area contributed by atoms with Crippen molar-refractivity contribution in [2.24, 2.45) is 0 Å². The first-order valence-electron chi connectivity index (χ1n) is 6.79. The maximum Gasteiger partial charge on any atom is 0.242 e. The lowest BCUT2D eigenvalue weighted by molar-refractivity contribution is 0.399. The molecular formula is C13H14N6O2S. The Morgan fingerprint density at radius 3 is 2.95 bits per heavy atom. The van der Waals surface area contributed by atoms with Crippen LogP contribution in [0.25, 0.3) is 0 Å². The highest BCUT2D eigenvalue weighted by atomic mass is 32.2. The molecule has 0 aliphatic carbocycles. The van der Waals surface area contributed by atoms with E-state index in [2.05, 4.69) is 19.8 Å². The van der Waals surface area contributed by atoms with Gasteiger partial charge >= 0.3 is 0 Å². The van der Waals surface area contributed by atoms with Crippen LogP contribution in [0.1, 0.15) is 36.2 Å². The van der Waals surface area contributed by atoms with E-state index >= 15 is 0 Å². The van der Waals surface area contributed by atoms with E-state index in [1.165, 1.54) is 18.3 Å². The summed E-state index contributed by atoms with van der Waals surface area (Å²) < 4.78 is 29.2. The highest BCUT2D eigenvalue weighted by Crippen LogP contribution is 2.25. The zero-order valence-corrected chi connectivity index (χ0v) is 12.7. The lowest BCUT2D eigenvalue weighted by Gasteiger charge is -2.22. The van der Waals surface area contributed by atoms with Crippen LogP contribution in [0.15, 0.2) is 23.2 Å². The summed E-state index contributed by atoms with van der Waals surface area (Å²) in [6.45, 7) is 2.52. The van der Waals surface area contributed by atoms with Crippen molar-refractivity contribution in [3.8, 4) is 6.07 Å². The zero-order chi connectivity index (χ0) is 15.7. The van der Waals surface area contributed by atoms with Gasteiger partial charge in [-0.15, -0.1) is 0 Å². The molecule has 3 heterocycles. The first kappa shape index (κ1) is 14.6. The van der Waals surface area contributed by atoms with E-state index in [9.17, 15) is 8.42 Å². The Morgan fingerprint density at radius 2 is 2.27 bits per heavy atom. The van der Waals surface area contributed by atoms with E-state index in [1.807, 2.05) is 6.07 Å². The van der Waals surface area contributed by atoms with Gasteiger partial charge in [0.25, 0.3) is 0 Å². The second-order valence-corrected chi connectivity index (χ2v) is 6.76. The molecule has 2 aromatic rings. The molecule has 1 aliphatic rings. The molecule has 0 spiro atoms. The minimum atomic E-state index is -3.72. The Kier molecular flexibility index (Phi) is 3.64. The maximum atomic E-state index is 12.4. The number of nitriles is 1. The van der Waals surface area contributed by atoms with Gasteiger partial charge in [0.15, 0.2) is 0 Å². The largest absolute Gasteiger partial charge is 0.248 e. The number of rotatable bonds is 3. The van der Waals surface area contributed by atoms with Crippen molar-refractivity contribution < 1.29 is 8.42 Å². The molecule has 0 saturated carbocycles. The molecule has 3 rings (SSSR count). The SMILES string of the molecule is Cc1nc2n(n1)CCCC2NS(=O)(=O)c1ccc(C#N)nc1. The van der Waals surface area contributed by atoms with Crippen molar-refractivity contribution in [3.63, 3.8) is 0 Å². The summed E-state index contributed by atoms with van der Waals surface area (Å²) in [5, 5.41) is 13.0. The predicted octanol–water partition coefficient (Wildman–Crippen LogP) is 0.667. The van der Waals surface area contributed by atoms with Crippen molar-refractivity contribution in [3.05, 3.63) is 35.7 Å². The molecule has 1 unspecified atom stereocenters. The van der Waals surface area contributed by atoms with Gasteiger partial charge in [0.2, 0.25) is 10.0 Å². The van der Waals surface area contributed by atoms with Crippen LogP contribution in [0.4, 0.5) is 0 Å².